The Bertz CT molecular complexity index is 454. The first-order valence-corrected chi connectivity index (χ1v) is 9.26. The molecule has 1 aromatic rings. The SMILES string of the molecule is CCCCCCCCCCc1c(C)cc2[n+](c1C)CCC2.[Cl-]. The lowest BCUT2D eigenvalue weighted by atomic mass is 9.99. The summed E-state index contributed by atoms with van der Waals surface area (Å²) in [5.41, 5.74) is 6.27. The maximum Gasteiger partial charge on any atom is 0.182 e. The second kappa shape index (κ2) is 10.3. The molecule has 0 unspecified atom stereocenters. The smallest absolute Gasteiger partial charge is 0.182 e. The second-order valence-electron chi connectivity index (χ2n) is 6.86. The molecule has 0 atom stereocenters. The van der Waals surface area contributed by atoms with E-state index in [1.54, 1.807) is 17.0 Å². The summed E-state index contributed by atoms with van der Waals surface area (Å²) in [5, 5.41) is 0. The molecule has 126 valence electrons. The zero-order chi connectivity index (χ0) is 15.1. The summed E-state index contributed by atoms with van der Waals surface area (Å²) in [6.45, 7) is 8.18. The minimum atomic E-state index is 0. The van der Waals surface area contributed by atoms with Gasteiger partial charge >= 0.3 is 0 Å². The Labute approximate surface area is 143 Å². The molecule has 0 saturated carbocycles. The quantitative estimate of drug-likeness (QED) is 0.485. The Morgan fingerprint density at radius 2 is 1.59 bits per heavy atom. The third-order valence-corrected chi connectivity index (χ3v) is 5.14. The summed E-state index contributed by atoms with van der Waals surface area (Å²) in [5.74, 6) is 0. The van der Waals surface area contributed by atoms with Crippen LogP contribution in [0.1, 0.15) is 87.2 Å². The number of rotatable bonds is 9. The molecule has 2 heterocycles. The lowest BCUT2D eigenvalue weighted by Crippen LogP contribution is -3.00. The van der Waals surface area contributed by atoms with Crippen LogP contribution < -0.4 is 17.0 Å². The van der Waals surface area contributed by atoms with E-state index in [9.17, 15) is 0 Å². The fourth-order valence-corrected chi connectivity index (χ4v) is 3.83. The second-order valence-corrected chi connectivity index (χ2v) is 6.86. The molecule has 2 heteroatoms. The first-order valence-electron chi connectivity index (χ1n) is 9.26. The van der Waals surface area contributed by atoms with E-state index in [-0.39, 0.29) is 12.4 Å². The number of unbranched alkanes of at least 4 members (excludes halogenated alkanes) is 7. The van der Waals surface area contributed by atoms with E-state index < -0.39 is 0 Å². The van der Waals surface area contributed by atoms with E-state index in [1.165, 1.54) is 82.7 Å². The molecule has 0 saturated heterocycles. The third kappa shape index (κ3) is 5.26. The first kappa shape index (κ1) is 19.5. The average molecular weight is 324 g/mol. The molecule has 0 spiro atoms. The molecule has 2 rings (SSSR count). The highest BCUT2D eigenvalue weighted by Crippen LogP contribution is 2.19. The van der Waals surface area contributed by atoms with Crippen molar-refractivity contribution >= 4 is 0 Å². The molecule has 0 bridgehead atoms. The maximum absolute atomic E-state index is 2.56. The zero-order valence-corrected chi connectivity index (χ0v) is 15.6. The highest BCUT2D eigenvalue weighted by Gasteiger charge is 2.24. The molecule has 1 aliphatic rings. The minimum absolute atomic E-state index is 0. The van der Waals surface area contributed by atoms with Crippen LogP contribution in [0.15, 0.2) is 6.07 Å². The standard InChI is InChI=1S/C20H34N.ClH/c1-4-5-6-7-8-9-10-11-14-20-17(2)16-19-13-12-15-21(19)18(20)3;/h16H,4-15H2,1-3H3;1H/q+1;/p-1. The van der Waals surface area contributed by atoms with Crippen LogP contribution in [0.3, 0.4) is 0 Å². The van der Waals surface area contributed by atoms with E-state index in [0.29, 0.717) is 0 Å². The van der Waals surface area contributed by atoms with E-state index in [1.807, 2.05) is 0 Å². The highest BCUT2D eigenvalue weighted by atomic mass is 35.5. The summed E-state index contributed by atoms with van der Waals surface area (Å²) in [6.07, 6.45) is 15.2. The van der Waals surface area contributed by atoms with Crippen LogP contribution in [0.5, 0.6) is 0 Å². The molecule has 1 nitrogen and oxygen atoms in total. The average Bonchev–Trinajstić information content (AvgIpc) is 2.93. The van der Waals surface area contributed by atoms with Crippen molar-refractivity contribution in [2.45, 2.75) is 97.9 Å². The summed E-state index contributed by atoms with van der Waals surface area (Å²) in [4.78, 5) is 0. The molecular formula is C20H34ClN. The Balaban J connectivity index is 0.00000242. The van der Waals surface area contributed by atoms with E-state index in [0.717, 1.165) is 0 Å². The van der Waals surface area contributed by atoms with Crippen molar-refractivity contribution in [1.82, 2.24) is 0 Å². The third-order valence-electron chi connectivity index (χ3n) is 5.14. The van der Waals surface area contributed by atoms with Crippen LogP contribution in [0.2, 0.25) is 0 Å². The summed E-state index contributed by atoms with van der Waals surface area (Å²) in [6, 6.07) is 2.44. The number of hydrogen-bond acceptors (Lipinski definition) is 0. The number of fused-ring (bicyclic) bond motifs is 1. The van der Waals surface area contributed by atoms with Crippen LogP contribution in [-0.4, -0.2) is 0 Å². The van der Waals surface area contributed by atoms with Gasteiger partial charge in [0.1, 0.15) is 6.54 Å². The Morgan fingerprint density at radius 1 is 0.955 bits per heavy atom. The Hall–Kier alpha value is -0.560. The van der Waals surface area contributed by atoms with Crippen LogP contribution in [0.25, 0.3) is 0 Å². The van der Waals surface area contributed by atoms with Gasteiger partial charge in [0.15, 0.2) is 11.4 Å². The lowest BCUT2D eigenvalue weighted by molar-refractivity contribution is -0.697. The van der Waals surface area contributed by atoms with Crippen molar-refractivity contribution in [3.8, 4) is 0 Å². The number of hydrogen-bond donors (Lipinski definition) is 0. The normalized spacial score (nSPS) is 13.0. The number of halogens is 1. The van der Waals surface area contributed by atoms with Gasteiger partial charge in [-0.05, 0) is 25.3 Å². The van der Waals surface area contributed by atoms with Gasteiger partial charge in [-0.1, -0.05) is 51.9 Å². The maximum atomic E-state index is 2.56. The van der Waals surface area contributed by atoms with E-state index in [4.69, 9.17) is 0 Å². The molecule has 0 amide bonds. The van der Waals surface area contributed by atoms with Crippen LogP contribution >= 0.6 is 0 Å². The van der Waals surface area contributed by atoms with Gasteiger partial charge in [0.25, 0.3) is 0 Å². The molecule has 22 heavy (non-hydrogen) atoms. The Kier molecular flexibility index (Phi) is 9.09. The Morgan fingerprint density at radius 3 is 2.27 bits per heavy atom. The predicted molar refractivity (Wildman–Crippen MR) is 90.7 cm³/mol. The molecule has 0 fully saturated rings. The van der Waals surface area contributed by atoms with E-state index in [2.05, 4.69) is 31.4 Å². The van der Waals surface area contributed by atoms with Gasteiger partial charge in [-0.2, -0.15) is 4.57 Å². The lowest BCUT2D eigenvalue weighted by Gasteiger charge is -2.09. The first-order chi connectivity index (χ1) is 10.2. The number of nitrogens with zero attached hydrogens (tertiary/aromatic N) is 1. The van der Waals surface area contributed by atoms with Crippen molar-refractivity contribution in [2.24, 2.45) is 0 Å². The molecule has 0 N–H and O–H groups in total. The summed E-state index contributed by atoms with van der Waals surface area (Å²) in [7, 11) is 0. The van der Waals surface area contributed by atoms with Crippen LogP contribution in [0.4, 0.5) is 0 Å². The highest BCUT2D eigenvalue weighted by molar-refractivity contribution is 5.28. The monoisotopic (exact) mass is 323 g/mol. The molecule has 1 aliphatic heterocycles. The fourth-order valence-electron chi connectivity index (χ4n) is 3.83. The topological polar surface area (TPSA) is 3.88 Å². The zero-order valence-electron chi connectivity index (χ0n) is 14.9. The largest absolute Gasteiger partial charge is 1.00 e. The van der Waals surface area contributed by atoms with Crippen molar-refractivity contribution < 1.29 is 17.0 Å². The molecule has 0 aliphatic carbocycles. The van der Waals surface area contributed by atoms with Gasteiger partial charge in [-0.25, -0.2) is 0 Å². The van der Waals surface area contributed by atoms with Crippen molar-refractivity contribution in [2.75, 3.05) is 0 Å². The van der Waals surface area contributed by atoms with Crippen LogP contribution in [-0.2, 0) is 19.4 Å². The minimum Gasteiger partial charge on any atom is -1.00 e. The van der Waals surface area contributed by atoms with Gasteiger partial charge in [-0.3, -0.25) is 0 Å². The molecule has 0 radical (unpaired) electrons. The molecule has 0 aromatic carbocycles. The number of aromatic nitrogens is 1. The molecular weight excluding hydrogens is 290 g/mol. The van der Waals surface area contributed by atoms with Gasteiger partial charge in [-0.15, -0.1) is 0 Å². The molecule has 1 aromatic heterocycles. The number of pyridine rings is 1. The van der Waals surface area contributed by atoms with Gasteiger partial charge in [0, 0.05) is 31.4 Å². The van der Waals surface area contributed by atoms with Crippen molar-refractivity contribution in [1.29, 1.82) is 0 Å². The van der Waals surface area contributed by atoms with E-state index >= 15 is 0 Å². The number of aryl methyl sites for hydroxylation is 2. The fraction of sp³-hybridized carbons (Fsp3) is 0.750. The predicted octanol–water partition coefficient (Wildman–Crippen LogP) is 2.22. The van der Waals surface area contributed by atoms with Gasteiger partial charge < -0.3 is 12.4 Å². The summed E-state index contributed by atoms with van der Waals surface area (Å²) >= 11 is 0. The summed E-state index contributed by atoms with van der Waals surface area (Å²) < 4.78 is 2.56. The van der Waals surface area contributed by atoms with Crippen molar-refractivity contribution in [3.05, 3.63) is 28.6 Å². The van der Waals surface area contributed by atoms with Gasteiger partial charge in [0.2, 0.25) is 0 Å². The van der Waals surface area contributed by atoms with Gasteiger partial charge in [0.05, 0.1) is 0 Å². The van der Waals surface area contributed by atoms with Crippen LogP contribution in [0, 0.1) is 13.8 Å². The van der Waals surface area contributed by atoms with Crippen molar-refractivity contribution in [3.63, 3.8) is 0 Å².